The van der Waals surface area contributed by atoms with Crippen molar-refractivity contribution < 1.29 is 9.90 Å². The summed E-state index contributed by atoms with van der Waals surface area (Å²) in [6.07, 6.45) is 0.488. The molecule has 1 unspecified atom stereocenters. The Labute approximate surface area is 83.6 Å². The molecule has 0 saturated heterocycles. The van der Waals surface area contributed by atoms with Crippen LogP contribution in [0.1, 0.15) is 18.1 Å². The SMILES string of the molecule is Cc1ccc(CC(C)C(=O)O)c(N)c1. The maximum atomic E-state index is 10.6. The molecule has 1 aromatic carbocycles. The first-order valence-electron chi connectivity index (χ1n) is 4.58. The van der Waals surface area contributed by atoms with Crippen LogP contribution in [0.15, 0.2) is 18.2 Å². The van der Waals surface area contributed by atoms with Crippen LogP contribution in [0.3, 0.4) is 0 Å². The molecule has 3 heteroatoms. The van der Waals surface area contributed by atoms with Crippen molar-refractivity contribution in [3.63, 3.8) is 0 Å². The third kappa shape index (κ3) is 2.49. The highest BCUT2D eigenvalue weighted by atomic mass is 16.4. The summed E-state index contributed by atoms with van der Waals surface area (Å²) in [7, 11) is 0. The molecule has 1 rings (SSSR count). The monoisotopic (exact) mass is 193 g/mol. The minimum Gasteiger partial charge on any atom is -0.481 e. The molecule has 1 aromatic rings. The van der Waals surface area contributed by atoms with Gasteiger partial charge >= 0.3 is 5.97 Å². The summed E-state index contributed by atoms with van der Waals surface area (Å²) in [6.45, 7) is 3.64. The lowest BCUT2D eigenvalue weighted by Gasteiger charge is -2.09. The van der Waals surface area contributed by atoms with Crippen LogP contribution in [-0.2, 0) is 11.2 Å². The lowest BCUT2D eigenvalue weighted by atomic mass is 9.99. The molecule has 76 valence electrons. The maximum absolute atomic E-state index is 10.6. The summed E-state index contributed by atoms with van der Waals surface area (Å²) in [5.74, 6) is -1.18. The lowest BCUT2D eigenvalue weighted by molar-refractivity contribution is -0.141. The molecule has 0 spiro atoms. The van der Waals surface area contributed by atoms with Crippen LogP contribution < -0.4 is 5.73 Å². The van der Waals surface area contributed by atoms with Crippen LogP contribution in [0.25, 0.3) is 0 Å². The Morgan fingerprint density at radius 1 is 1.57 bits per heavy atom. The van der Waals surface area contributed by atoms with Crippen LogP contribution in [-0.4, -0.2) is 11.1 Å². The summed E-state index contributed by atoms with van der Waals surface area (Å²) in [5, 5.41) is 8.75. The molecule has 14 heavy (non-hydrogen) atoms. The van der Waals surface area contributed by atoms with E-state index in [4.69, 9.17) is 10.8 Å². The molecule has 0 bridgehead atoms. The standard InChI is InChI=1S/C11H15NO2/c1-7-3-4-9(10(12)5-7)6-8(2)11(13)14/h3-5,8H,6,12H2,1-2H3,(H,13,14). The summed E-state index contributed by atoms with van der Waals surface area (Å²) in [6, 6.07) is 5.70. The third-order valence-corrected chi connectivity index (χ3v) is 2.25. The fraction of sp³-hybridized carbons (Fsp3) is 0.364. The molecule has 1 atom stereocenters. The topological polar surface area (TPSA) is 63.3 Å². The minimum atomic E-state index is -0.787. The van der Waals surface area contributed by atoms with Crippen molar-refractivity contribution in [3.05, 3.63) is 29.3 Å². The normalized spacial score (nSPS) is 12.4. The molecule has 0 heterocycles. The number of carboxylic acids is 1. The number of aliphatic carboxylic acids is 1. The Morgan fingerprint density at radius 2 is 2.21 bits per heavy atom. The van der Waals surface area contributed by atoms with E-state index < -0.39 is 5.97 Å². The van der Waals surface area contributed by atoms with Gasteiger partial charge in [-0.15, -0.1) is 0 Å². The van der Waals surface area contributed by atoms with Crippen LogP contribution in [0.2, 0.25) is 0 Å². The van der Waals surface area contributed by atoms with Crippen LogP contribution in [0, 0.1) is 12.8 Å². The van der Waals surface area contributed by atoms with Gasteiger partial charge in [-0.25, -0.2) is 0 Å². The highest BCUT2D eigenvalue weighted by Gasteiger charge is 2.12. The van der Waals surface area contributed by atoms with Gasteiger partial charge in [-0.05, 0) is 30.5 Å². The molecule has 0 aliphatic rings. The van der Waals surface area contributed by atoms with Crippen molar-refractivity contribution in [1.82, 2.24) is 0 Å². The number of hydrogen-bond acceptors (Lipinski definition) is 2. The largest absolute Gasteiger partial charge is 0.481 e. The zero-order valence-corrected chi connectivity index (χ0v) is 8.45. The first kappa shape index (κ1) is 10.6. The minimum absolute atomic E-state index is 0.389. The van der Waals surface area contributed by atoms with E-state index >= 15 is 0 Å². The number of hydrogen-bond donors (Lipinski definition) is 2. The molecule has 0 amide bonds. The smallest absolute Gasteiger partial charge is 0.306 e. The molecule has 0 aliphatic carbocycles. The Kier molecular flexibility index (Phi) is 3.12. The zero-order valence-electron chi connectivity index (χ0n) is 8.45. The van der Waals surface area contributed by atoms with E-state index in [-0.39, 0.29) is 5.92 Å². The summed E-state index contributed by atoms with van der Waals surface area (Å²) >= 11 is 0. The van der Waals surface area contributed by atoms with Gasteiger partial charge in [-0.3, -0.25) is 4.79 Å². The Balaban J connectivity index is 2.82. The number of carbonyl (C=O) groups is 1. The van der Waals surface area contributed by atoms with Crippen LogP contribution in [0.4, 0.5) is 5.69 Å². The summed E-state index contributed by atoms with van der Waals surface area (Å²) < 4.78 is 0. The molecule has 0 aliphatic heterocycles. The van der Waals surface area contributed by atoms with Gasteiger partial charge in [0.2, 0.25) is 0 Å². The van der Waals surface area contributed by atoms with Crippen molar-refractivity contribution >= 4 is 11.7 Å². The number of anilines is 1. The number of carboxylic acid groups (broad SMARTS) is 1. The first-order valence-corrected chi connectivity index (χ1v) is 4.58. The predicted molar refractivity (Wildman–Crippen MR) is 56.1 cm³/mol. The highest BCUT2D eigenvalue weighted by molar-refractivity contribution is 5.70. The average molecular weight is 193 g/mol. The van der Waals surface area contributed by atoms with Crippen LogP contribution in [0.5, 0.6) is 0 Å². The molecular formula is C11H15NO2. The van der Waals surface area contributed by atoms with E-state index in [1.54, 1.807) is 6.92 Å². The van der Waals surface area contributed by atoms with Gasteiger partial charge in [0, 0.05) is 5.69 Å². The van der Waals surface area contributed by atoms with Crippen molar-refractivity contribution in [2.45, 2.75) is 20.3 Å². The van der Waals surface area contributed by atoms with Gasteiger partial charge < -0.3 is 10.8 Å². The Bertz CT molecular complexity index is 347. The number of aryl methyl sites for hydroxylation is 1. The van der Waals surface area contributed by atoms with E-state index in [1.807, 2.05) is 25.1 Å². The fourth-order valence-corrected chi connectivity index (χ4v) is 1.32. The maximum Gasteiger partial charge on any atom is 0.306 e. The van der Waals surface area contributed by atoms with Gasteiger partial charge in [0.05, 0.1) is 5.92 Å². The second-order valence-corrected chi connectivity index (χ2v) is 3.65. The molecule has 0 aromatic heterocycles. The van der Waals surface area contributed by atoms with Gasteiger partial charge in [0.1, 0.15) is 0 Å². The van der Waals surface area contributed by atoms with E-state index in [1.165, 1.54) is 0 Å². The van der Waals surface area contributed by atoms with E-state index in [0.29, 0.717) is 12.1 Å². The summed E-state index contributed by atoms with van der Waals surface area (Å²) in [4.78, 5) is 10.6. The zero-order chi connectivity index (χ0) is 10.7. The number of benzene rings is 1. The number of rotatable bonds is 3. The first-order chi connectivity index (χ1) is 6.50. The van der Waals surface area contributed by atoms with Crippen molar-refractivity contribution in [1.29, 1.82) is 0 Å². The molecule has 3 N–H and O–H groups in total. The molecule has 0 fully saturated rings. The lowest BCUT2D eigenvalue weighted by Crippen LogP contribution is -2.13. The van der Waals surface area contributed by atoms with Crippen molar-refractivity contribution in [2.24, 2.45) is 5.92 Å². The predicted octanol–water partition coefficient (Wildman–Crippen LogP) is 1.84. The molecular weight excluding hydrogens is 178 g/mol. The molecule has 0 radical (unpaired) electrons. The average Bonchev–Trinajstić information content (AvgIpc) is 2.09. The van der Waals surface area contributed by atoms with E-state index in [9.17, 15) is 4.79 Å². The highest BCUT2D eigenvalue weighted by Crippen LogP contribution is 2.17. The fourth-order valence-electron chi connectivity index (χ4n) is 1.32. The van der Waals surface area contributed by atoms with Crippen LogP contribution >= 0.6 is 0 Å². The summed E-state index contributed by atoms with van der Waals surface area (Å²) in [5.41, 5.74) is 8.46. The second-order valence-electron chi connectivity index (χ2n) is 3.65. The Hall–Kier alpha value is -1.51. The van der Waals surface area contributed by atoms with E-state index in [0.717, 1.165) is 11.1 Å². The third-order valence-electron chi connectivity index (χ3n) is 2.25. The second kappa shape index (κ2) is 4.13. The van der Waals surface area contributed by atoms with Gasteiger partial charge in [-0.2, -0.15) is 0 Å². The van der Waals surface area contributed by atoms with Crippen molar-refractivity contribution in [3.8, 4) is 0 Å². The molecule has 3 nitrogen and oxygen atoms in total. The number of nitrogen functional groups attached to an aromatic ring is 1. The number of nitrogens with two attached hydrogens (primary N) is 1. The Morgan fingerprint density at radius 3 is 2.71 bits per heavy atom. The van der Waals surface area contributed by atoms with Gasteiger partial charge in [0.25, 0.3) is 0 Å². The van der Waals surface area contributed by atoms with Gasteiger partial charge in [-0.1, -0.05) is 19.1 Å². The van der Waals surface area contributed by atoms with Gasteiger partial charge in [0.15, 0.2) is 0 Å². The van der Waals surface area contributed by atoms with Crippen molar-refractivity contribution in [2.75, 3.05) is 5.73 Å². The molecule has 0 saturated carbocycles. The van der Waals surface area contributed by atoms with E-state index in [2.05, 4.69) is 0 Å². The quantitative estimate of drug-likeness (QED) is 0.720.